The molecule has 28 heavy (non-hydrogen) atoms. The number of hydrogen-bond donors (Lipinski definition) is 1. The van der Waals surface area contributed by atoms with Gasteiger partial charge in [-0.05, 0) is 30.3 Å². The third-order valence-electron chi connectivity index (χ3n) is 3.43. The summed E-state index contributed by atoms with van der Waals surface area (Å²) in [6.45, 7) is 0. The Morgan fingerprint density at radius 1 is 1.04 bits per heavy atom. The topological polar surface area (TPSA) is 64.1 Å². The lowest BCUT2D eigenvalue weighted by atomic mass is 10.2. The van der Waals surface area contributed by atoms with Gasteiger partial charge in [0.25, 0.3) is 5.91 Å². The third kappa shape index (κ3) is 4.37. The van der Waals surface area contributed by atoms with Crippen LogP contribution in [0.15, 0.2) is 54.9 Å². The Morgan fingerprint density at radius 3 is 2.46 bits per heavy atom. The number of ether oxygens (including phenoxy) is 1. The molecule has 0 bridgehead atoms. The van der Waals surface area contributed by atoms with Crippen molar-refractivity contribution in [1.82, 2.24) is 9.97 Å². The standard InChI is InChI=1S/C18H10ClF4N3O2/c19-11-9-10(20)5-6-13(11)28-14-4-2-1-3-12(14)26-17(27)15-16(18(21,22)23)25-8-7-24-15/h1-9H,(H,26,27). The molecular formula is C18H10ClF4N3O2. The summed E-state index contributed by atoms with van der Waals surface area (Å²) in [5.74, 6) is -1.51. The molecule has 1 N–H and O–H groups in total. The van der Waals surface area contributed by atoms with Crippen molar-refractivity contribution in [1.29, 1.82) is 0 Å². The zero-order valence-electron chi connectivity index (χ0n) is 13.8. The number of amides is 1. The van der Waals surface area contributed by atoms with Crippen LogP contribution < -0.4 is 10.1 Å². The van der Waals surface area contributed by atoms with Crippen LogP contribution in [-0.4, -0.2) is 15.9 Å². The molecule has 0 spiro atoms. The van der Waals surface area contributed by atoms with E-state index < -0.39 is 29.3 Å². The summed E-state index contributed by atoms with van der Waals surface area (Å²) in [6, 6.07) is 9.42. The van der Waals surface area contributed by atoms with Gasteiger partial charge in [0.2, 0.25) is 0 Å². The minimum Gasteiger partial charge on any atom is -0.454 e. The smallest absolute Gasteiger partial charge is 0.435 e. The molecule has 1 amide bonds. The molecule has 3 rings (SSSR count). The number of alkyl halides is 3. The second-order valence-electron chi connectivity index (χ2n) is 5.38. The number of nitrogens with zero attached hydrogens (tertiary/aromatic N) is 2. The van der Waals surface area contributed by atoms with E-state index in [2.05, 4.69) is 15.3 Å². The minimum absolute atomic E-state index is 0.0191. The molecule has 0 atom stereocenters. The SMILES string of the molecule is O=C(Nc1ccccc1Oc1ccc(F)cc1Cl)c1nccnc1C(F)(F)F. The average molecular weight is 412 g/mol. The van der Waals surface area contributed by atoms with Crippen molar-refractivity contribution >= 4 is 23.2 Å². The third-order valence-corrected chi connectivity index (χ3v) is 3.73. The Hall–Kier alpha value is -3.20. The van der Waals surface area contributed by atoms with Gasteiger partial charge >= 0.3 is 6.18 Å². The first-order chi connectivity index (χ1) is 13.3. The predicted octanol–water partition coefficient (Wildman–Crippen LogP) is 5.33. The van der Waals surface area contributed by atoms with Crippen LogP contribution in [0.4, 0.5) is 23.2 Å². The number of anilines is 1. The monoisotopic (exact) mass is 411 g/mol. The lowest BCUT2D eigenvalue weighted by Crippen LogP contribution is -2.22. The number of carbonyl (C=O) groups excluding carboxylic acids is 1. The fourth-order valence-corrected chi connectivity index (χ4v) is 2.43. The van der Waals surface area contributed by atoms with Gasteiger partial charge < -0.3 is 10.1 Å². The summed E-state index contributed by atoms with van der Waals surface area (Å²) in [5, 5.41) is 2.29. The van der Waals surface area contributed by atoms with Crippen molar-refractivity contribution < 1.29 is 27.1 Å². The second kappa shape index (κ2) is 7.81. The van der Waals surface area contributed by atoms with Crippen LogP contribution in [0.2, 0.25) is 5.02 Å². The van der Waals surface area contributed by atoms with E-state index in [1.54, 1.807) is 6.07 Å². The van der Waals surface area contributed by atoms with Gasteiger partial charge in [0.1, 0.15) is 11.6 Å². The van der Waals surface area contributed by atoms with Crippen molar-refractivity contribution in [3.05, 3.63) is 77.1 Å². The van der Waals surface area contributed by atoms with Crippen LogP contribution in [0.1, 0.15) is 16.2 Å². The quantitative estimate of drug-likeness (QED) is 0.589. The maximum atomic E-state index is 13.2. The number of aromatic nitrogens is 2. The minimum atomic E-state index is -4.85. The number of nitrogens with one attached hydrogen (secondary N) is 1. The lowest BCUT2D eigenvalue weighted by molar-refractivity contribution is -0.141. The van der Waals surface area contributed by atoms with Gasteiger partial charge in [0.15, 0.2) is 17.1 Å². The van der Waals surface area contributed by atoms with Crippen LogP contribution in [0.25, 0.3) is 0 Å². The summed E-state index contributed by atoms with van der Waals surface area (Å²) in [7, 11) is 0. The summed E-state index contributed by atoms with van der Waals surface area (Å²) in [5.41, 5.74) is -2.23. The van der Waals surface area contributed by atoms with E-state index >= 15 is 0 Å². The van der Waals surface area contributed by atoms with Gasteiger partial charge in [0, 0.05) is 12.4 Å². The van der Waals surface area contributed by atoms with E-state index in [4.69, 9.17) is 16.3 Å². The van der Waals surface area contributed by atoms with Gasteiger partial charge in [-0.3, -0.25) is 4.79 Å². The maximum absolute atomic E-state index is 13.2. The molecule has 0 aliphatic carbocycles. The van der Waals surface area contributed by atoms with Crippen molar-refractivity contribution in [2.45, 2.75) is 6.18 Å². The number of carbonyl (C=O) groups is 1. The highest BCUT2D eigenvalue weighted by molar-refractivity contribution is 6.32. The normalized spacial score (nSPS) is 11.2. The molecule has 3 aromatic rings. The zero-order chi connectivity index (χ0) is 20.3. The molecule has 5 nitrogen and oxygen atoms in total. The van der Waals surface area contributed by atoms with Crippen molar-refractivity contribution in [2.24, 2.45) is 0 Å². The molecule has 2 aromatic carbocycles. The Balaban J connectivity index is 1.89. The van der Waals surface area contributed by atoms with E-state index in [-0.39, 0.29) is 22.2 Å². The van der Waals surface area contributed by atoms with Crippen LogP contribution in [-0.2, 0) is 6.18 Å². The number of benzene rings is 2. The fourth-order valence-electron chi connectivity index (χ4n) is 2.23. The summed E-state index contributed by atoms with van der Waals surface area (Å²) in [4.78, 5) is 19.0. The van der Waals surface area contributed by atoms with E-state index in [1.165, 1.54) is 24.3 Å². The molecule has 0 saturated carbocycles. The molecule has 0 fully saturated rings. The van der Waals surface area contributed by atoms with Crippen LogP contribution in [0, 0.1) is 5.82 Å². The van der Waals surface area contributed by atoms with Gasteiger partial charge in [-0.15, -0.1) is 0 Å². The Kier molecular flexibility index (Phi) is 5.46. The van der Waals surface area contributed by atoms with Gasteiger partial charge in [-0.1, -0.05) is 23.7 Å². The molecule has 0 saturated heterocycles. The molecule has 0 aliphatic heterocycles. The Bertz CT molecular complexity index is 1030. The van der Waals surface area contributed by atoms with Crippen LogP contribution in [0.3, 0.4) is 0 Å². The highest BCUT2D eigenvalue weighted by Gasteiger charge is 2.38. The number of para-hydroxylation sites is 2. The average Bonchev–Trinajstić information content (AvgIpc) is 2.64. The van der Waals surface area contributed by atoms with Crippen molar-refractivity contribution in [3.63, 3.8) is 0 Å². The fraction of sp³-hybridized carbons (Fsp3) is 0.0556. The summed E-state index contributed by atoms with van der Waals surface area (Å²) >= 11 is 5.91. The number of halogens is 5. The van der Waals surface area contributed by atoms with Gasteiger partial charge in [-0.25, -0.2) is 14.4 Å². The summed E-state index contributed by atoms with van der Waals surface area (Å²) < 4.78 is 57.8. The lowest BCUT2D eigenvalue weighted by Gasteiger charge is -2.14. The largest absolute Gasteiger partial charge is 0.454 e. The van der Waals surface area contributed by atoms with E-state index in [1.807, 2.05) is 0 Å². The molecule has 144 valence electrons. The van der Waals surface area contributed by atoms with Crippen molar-refractivity contribution in [2.75, 3.05) is 5.32 Å². The van der Waals surface area contributed by atoms with Crippen molar-refractivity contribution in [3.8, 4) is 11.5 Å². The second-order valence-corrected chi connectivity index (χ2v) is 5.79. The van der Waals surface area contributed by atoms with E-state index in [9.17, 15) is 22.4 Å². The number of rotatable bonds is 4. The Labute approximate surface area is 161 Å². The first kappa shape index (κ1) is 19.6. The van der Waals surface area contributed by atoms with E-state index in [0.29, 0.717) is 0 Å². The van der Waals surface area contributed by atoms with Gasteiger partial charge in [-0.2, -0.15) is 13.2 Å². The maximum Gasteiger partial charge on any atom is 0.435 e. The highest BCUT2D eigenvalue weighted by Crippen LogP contribution is 2.35. The Morgan fingerprint density at radius 2 is 1.75 bits per heavy atom. The molecule has 0 unspecified atom stereocenters. The summed E-state index contributed by atoms with van der Waals surface area (Å²) in [6.07, 6.45) is -3.03. The van der Waals surface area contributed by atoms with E-state index in [0.717, 1.165) is 24.5 Å². The molecule has 10 heteroatoms. The van der Waals surface area contributed by atoms with Crippen LogP contribution >= 0.6 is 11.6 Å². The zero-order valence-corrected chi connectivity index (χ0v) is 14.6. The predicted molar refractivity (Wildman–Crippen MR) is 92.9 cm³/mol. The first-order valence-electron chi connectivity index (χ1n) is 7.67. The molecular weight excluding hydrogens is 402 g/mol. The van der Waals surface area contributed by atoms with Crippen LogP contribution in [0.5, 0.6) is 11.5 Å². The number of hydrogen-bond acceptors (Lipinski definition) is 4. The highest BCUT2D eigenvalue weighted by atomic mass is 35.5. The van der Waals surface area contributed by atoms with Gasteiger partial charge in [0.05, 0.1) is 10.7 Å². The first-order valence-corrected chi connectivity index (χ1v) is 8.05. The molecule has 0 radical (unpaired) electrons. The molecule has 0 aliphatic rings. The molecule has 1 heterocycles. The molecule has 1 aromatic heterocycles.